The zero-order valence-electron chi connectivity index (χ0n) is 11.5. The maximum absolute atomic E-state index is 12.2. The molecular formula is C12H23F3N2O2S. The van der Waals surface area contributed by atoms with E-state index >= 15 is 0 Å². The van der Waals surface area contributed by atoms with Crippen molar-refractivity contribution in [2.75, 3.05) is 18.8 Å². The number of halogens is 3. The highest BCUT2D eigenvalue weighted by Crippen LogP contribution is 2.26. The van der Waals surface area contributed by atoms with Crippen LogP contribution in [0.2, 0.25) is 0 Å². The summed E-state index contributed by atoms with van der Waals surface area (Å²) in [5, 5.41) is 0. The van der Waals surface area contributed by atoms with Crippen LogP contribution in [-0.4, -0.2) is 43.8 Å². The molecule has 0 atom stereocenters. The highest BCUT2D eigenvalue weighted by molar-refractivity contribution is 7.89. The van der Waals surface area contributed by atoms with E-state index in [4.69, 9.17) is 5.73 Å². The summed E-state index contributed by atoms with van der Waals surface area (Å²) < 4.78 is 62.1. The molecule has 1 rings (SSSR count). The van der Waals surface area contributed by atoms with E-state index in [1.54, 1.807) is 0 Å². The molecule has 0 heterocycles. The summed E-state index contributed by atoms with van der Waals surface area (Å²) in [5.41, 5.74) is 5.44. The van der Waals surface area contributed by atoms with E-state index in [0.717, 1.165) is 32.1 Å². The van der Waals surface area contributed by atoms with Crippen molar-refractivity contribution in [3.05, 3.63) is 0 Å². The maximum atomic E-state index is 12.2. The van der Waals surface area contributed by atoms with Crippen LogP contribution >= 0.6 is 0 Å². The van der Waals surface area contributed by atoms with Gasteiger partial charge in [0.1, 0.15) is 0 Å². The molecule has 120 valence electrons. The van der Waals surface area contributed by atoms with Crippen LogP contribution in [0.3, 0.4) is 0 Å². The summed E-state index contributed by atoms with van der Waals surface area (Å²) >= 11 is 0. The summed E-state index contributed by atoms with van der Waals surface area (Å²) in [7, 11) is -3.65. The first kappa shape index (κ1) is 17.7. The Kier molecular flexibility index (Phi) is 6.74. The molecule has 1 aliphatic rings. The summed E-state index contributed by atoms with van der Waals surface area (Å²) in [6.45, 7) is 0.383. The van der Waals surface area contributed by atoms with Crippen molar-refractivity contribution in [3.8, 4) is 0 Å². The quantitative estimate of drug-likeness (QED) is 0.783. The standard InChI is InChI=1S/C12H23F3N2O2S/c13-12(14,15)7-4-10-20(18,19)17(9-8-16)11-5-2-1-3-6-11/h11H,1-10,16H2. The lowest BCUT2D eigenvalue weighted by Gasteiger charge is -2.33. The minimum absolute atomic E-state index is 0.0943. The van der Waals surface area contributed by atoms with Crippen molar-refractivity contribution in [2.45, 2.75) is 57.2 Å². The Balaban J connectivity index is 2.63. The number of alkyl halides is 3. The molecule has 0 spiro atoms. The maximum Gasteiger partial charge on any atom is 0.389 e. The summed E-state index contributed by atoms with van der Waals surface area (Å²) in [4.78, 5) is 0. The van der Waals surface area contributed by atoms with E-state index in [0.29, 0.717) is 0 Å². The minimum Gasteiger partial charge on any atom is -0.329 e. The fraction of sp³-hybridized carbons (Fsp3) is 1.00. The largest absolute Gasteiger partial charge is 0.389 e. The first-order chi connectivity index (χ1) is 9.26. The van der Waals surface area contributed by atoms with Crippen LogP contribution < -0.4 is 5.73 Å². The number of sulfonamides is 1. The molecule has 2 N–H and O–H groups in total. The third-order valence-electron chi connectivity index (χ3n) is 3.55. The molecule has 0 aromatic heterocycles. The molecule has 0 radical (unpaired) electrons. The van der Waals surface area contributed by atoms with Gasteiger partial charge in [-0.15, -0.1) is 0 Å². The minimum atomic E-state index is -4.31. The molecule has 4 nitrogen and oxygen atoms in total. The van der Waals surface area contributed by atoms with Crippen LogP contribution in [0.5, 0.6) is 0 Å². The van der Waals surface area contributed by atoms with E-state index in [9.17, 15) is 21.6 Å². The van der Waals surface area contributed by atoms with Gasteiger partial charge in [-0.1, -0.05) is 19.3 Å². The second-order valence-electron chi connectivity index (χ2n) is 5.23. The smallest absolute Gasteiger partial charge is 0.329 e. The molecule has 0 aliphatic heterocycles. The molecule has 0 saturated heterocycles. The van der Waals surface area contributed by atoms with Gasteiger partial charge in [0, 0.05) is 25.6 Å². The van der Waals surface area contributed by atoms with E-state index < -0.39 is 28.4 Å². The number of nitrogens with two attached hydrogens (primary N) is 1. The Hall–Kier alpha value is -0.340. The van der Waals surface area contributed by atoms with Gasteiger partial charge in [-0.25, -0.2) is 8.42 Å². The molecule has 8 heteroatoms. The van der Waals surface area contributed by atoms with Gasteiger partial charge in [0.15, 0.2) is 0 Å². The zero-order chi connectivity index (χ0) is 15.2. The van der Waals surface area contributed by atoms with Gasteiger partial charge in [-0.05, 0) is 19.3 Å². The monoisotopic (exact) mass is 316 g/mol. The van der Waals surface area contributed by atoms with Crippen molar-refractivity contribution >= 4 is 10.0 Å². The SMILES string of the molecule is NCCN(C1CCCCC1)S(=O)(=O)CCCC(F)(F)F. The fourth-order valence-corrected chi connectivity index (χ4v) is 4.41. The molecule has 1 fully saturated rings. The summed E-state index contributed by atoms with van der Waals surface area (Å²) in [6, 6.07) is -0.0943. The van der Waals surface area contributed by atoms with Gasteiger partial charge in [0.05, 0.1) is 5.75 Å². The number of rotatable bonds is 7. The molecular weight excluding hydrogens is 293 g/mol. The van der Waals surface area contributed by atoms with Gasteiger partial charge in [0.25, 0.3) is 0 Å². The Bertz CT molecular complexity index is 379. The van der Waals surface area contributed by atoms with E-state index in [-0.39, 0.29) is 25.6 Å². The topological polar surface area (TPSA) is 63.4 Å². The van der Waals surface area contributed by atoms with Crippen molar-refractivity contribution in [3.63, 3.8) is 0 Å². The normalized spacial score (nSPS) is 18.6. The Morgan fingerprint density at radius 2 is 1.75 bits per heavy atom. The Morgan fingerprint density at radius 3 is 2.25 bits per heavy atom. The van der Waals surface area contributed by atoms with Gasteiger partial charge in [-0.3, -0.25) is 0 Å². The van der Waals surface area contributed by atoms with Crippen LogP contribution in [0.25, 0.3) is 0 Å². The van der Waals surface area contributed by atoms with Crippen molar-refractivity contribution in [1.82, 2.24) is 4.31 Å². The molecule has 0 aromatic carbocycles. The van der Waals surface area contributed by atoms with Gasteiger partial charge >= 0.3 is 6.18 Å². The predicted molar refractivity (Wildman–Crippen MR) is 71.7 cm³/mol. The Labute approximate surface area is 118 Å². The number of nitrogens with zero attached hydrogens (tertiary/aromatic N) is 1. The van der Waals surface area contributed by atoms with Crippen molar-refractivity contribution in [1.29, 1.82) is 0 Å². The third kappa shape index (κ3) is 5.97. The molecule has 0 unspecified atom stereocenters. The lowest BCUT2D eigenvalue weighted by Crippen LogP contribution is -2.45. The predicted octanol–water partition coefficient (Wildman–Crippen LogP) is 2.25. The Morgan fingerprint density at radius 1 is 1.15 bits per heavy atom. The third-order valence-corrected chi connectivity index (χ3v) is 5.55. The van der Waals surface area contributed by atoms with E-state index in [1.165, 1.54) is 4.31 Å². The van der Waals surface area contributed by atoms with Crippen LogP contribution in [-0.2, 0) is 10.0 Å². The summed E-state index contributed by atoms with van der Waals surface area (Å²) in [5.74, 6) is -0.455. The molecule has 0 amide bonds. The molecule has 20 heavy (non-hydrogen) atoms. The van der Waals surface area contributed by atoms with Crippen LogP contribution in [0.15, 0.2) is 0 Å². The average Bonchev–Trinajstić information content (AvgIpc) is 2.35. The summed E-state index contributed by atoms with van der Waals surface area (Å²) in [6.07, 6.45) is -1.20. The molecule has 0 aromatic rings. The second-order valence-corrected chi connectivity index (χ2v) is 7.27. The first-order valence-corrected chi connectivity index (χ1v) is 8.63. The van der Waals surface area contributed by atoms with E-state index in [1.807, 2.05) is 0 Å². The number of hydrogen-bond acceptors (Lipinski definition) is 3. The fourth-order valence-electron chi connectivity index (χ4n) is 2.62. The van der Waals surface area contributed by atoms with Gasteiger partial charge in [-0.2, -0.15) is 17.5 Å². The van der Waals surface area contributed by atoms with Crippen LogP contribution in [0, 0.1) is 0 Å². The lowest BCUT2D eigenvalue weighted by atomic mass is 9.95. The van der Waals surface area contributed by atoms with Crippen LogP contribution in [0.4, 0.5) is 13.2 Å². The highest BCUT2D eigenvalue weighted by atomic mass is 32.2. The lowest BCUT2D eigenvalue weighted by molar-refractivity contribution is -0.134. The van der Waals surface area contributed by atoms with Crippen molar-refractivity contribution in [2.24, 2.45) is 5.73 Å². The average molecular weight is 316 g/mol. The van der Waals surface area contributed by atoms with E-state index in [2.05, 4.69) is 0 Å². The first-order valence-electron chi connectivity index (χ1n) is 7.02. The zero-order valence-corrected chi connectivity index (χ0v) is 12.3. The van der Waals surface area contributed by atoms with Gasteiger partial charge < -0.3 is 5.73 Å². The highest BCUT2D eigenvalue weighted by Gasteiger charge is 2.32. The number of hydrogen-bond donors (Lipinski definition) is 1. The van der Waals surface area contributed by atoms with Crippen LogP contribution in [0.1, 0.15) is 44.9 Å². The van der Waals surface area contributed by atoms with Crippen molar-refractivity contribution < 1.29 is 21.6 Å². The van der Waals surface area contributed by atoms with Gasteiger partial charge in [0.2, 0.25) is 10.0 Å². The molecule has 1 saturated carbocycles. The molecule has 0 bridgehead atoms. The molecule has 1 aliphatic carbocycles. The second kappa shape index (κ2) is 7.61.